The number of ether oxygens (including phenoxy) is 1. The average molecular weight is 312 g/mol. The molecule has 0 spiro atoms. The van der Waals surface area contributed by atoms with Gasteiger partial charge in [-0.2, -0.15) is 0 Å². The van der Waals surface area contributed by atoms with Gasteiger partial charge < -0.3 is 20.1 Å². The first-order valence-corrected chi connectivity index (χ1v) is 7.92. The standard InChI is InChI=1S/C15H24N2O5/c1-22-15(21)16-12(10-6-3-2-4-7-10)13(18)17-9-5-8-11(17)14(19)20/h10-12H,2-9H2,1H3,(H,16,21)(H,19,20)/t11?,12-/m0/s1. The number of hydrogen-bond acceptors (Lipinski definition) is 4. The van der Waals surface area contributed by atoms with Crippen LogP contribution in [0, 0.1) is 5.92 Å². The Balaban J connectivity index is 2.13. The number of likely N-dealkylation sites (tertiary alicyclic amines) is 1. The molecule has 0 aromatic heterocycles. The number of carboxylic acids is 1. The van der Waals surface area contributed by atoms with Crippen LogP contribution in [-0.4, -0.2) is 53.7 Å². The predicted molar refractivity (Wildman–Crippen MR) is 78.3 cm³/mol. The molecule has 7 heteroatoms. The van der Waals surface area contributed by atoms with Crippen LogP contribution in [0.5, 0.6) is 0 Å². The second kappa shape index (κ2) is 7.47. The van der Waals surface area contributed by atoms with Crippen molar-refractivity contribution < 1.29 is 24.2 Å². The molecule has 2 amide bonds. The highest BCUT2D eigenvalue weighted by molar-refractivity contribution is 5.90. The number of amides is 2. The summed E-state index contributed by atoms with van der Waals surface area (Å²) in [6.07, 6.45) is 5.43. The first-order chi connectivity index (χ1) is 10.5. The summed E-state index contributed by atoms with van der Waals surface area (Å²) >= 11 is 0. The molecule has 0 aromatic carbocycles. The Hall–Kier alpha value is -1.79. The third kappa shape index (κ3) is 3.69. The minimum atomic E-state index is -0.980. The molecule has 2 atom stereocenters. The molecule has 2 fully saturated rings. The van der Waals surface area contributed by atoms with E-state index in [4.69, 9.17) is 0 Å². The van der Waals surface area contributed by atoms with E-state index in [1.807, 2.05) is 0 Å². The zero-order chi connectivity index (χ0) is 16.1. The van der Waals surface area contributed by atoms with Crippen molar-refractivity contribution >= 4 is 18.0 Å². The van der Waals surface area contributed by atoms with E-state index in [9.17, 15) is 19.5 Å². The third-order valence-corrected chi connectivity index (χ3v) is 4.67. The van der Waals surface area contributed by atoms with Gasteiger partial charge in [0.2, 0.25) is 5.91 Å². The quantitative estimate of drug-likeness (QED) is 0.817. The number of nitrogens with zero attached hydrogens (tertiary/aromatic N) is 1. The van der Waals surface area contributed by atoms with Gasteiger partial charge in [0.15, 0.2) is 0 Å². The molecule has 1 unspecified atom stereocenters. The molecular weight excluding hydrogens is 288 g/mol. The van der Waals surface area contributed by atoms with Gasteiger partial charge in [0.25, 0.3) is 0 Å². The number of carboxylic acid groups (broad SMARTS) is 1. The van der Waals surface area contributed by atoms with Crippen LogP contribution in [0.4, 0.5) is 4.79 Å². The highest BCUT2D eigenvalue weighted by atomic mass is 16.5. The number of alkyl carbamates (subject to hydrolysis) is 1. The Bertz CT molecular complexity index is 434. The zero-order valence-corrected chi connectivity index (χ0v) is 12.9. The summed E-state index contributed by atoms with van der Waals surface area (Å²) in [6, 6.07) is -1.47. The van der Waals surface area contributed by atoms with Crippen LogP contribution in [0.1, 0.15) is 44.9 Å². The summed E-state index contributed by atoms with van der Waals surface area (Å²) in [5.74, 6) is -1.22. The van der Waals surface area contributed by atoms with E-state index in [1.54, 1.807) is 0 Å². The van der Waals surface area contributed by atoms with Gasteiger partial charge in [-0.1, -0.05) is 19.3 Å². The van der Waals surface area contributed by atoms with E-state index in [2.05, 4.69) is 10.1 Å². The fourth-order valence-electron chi connectivity index (χ4n) is 3.50. The molecule has 124 valence electrons. The van der Waals surface area contributed by atoms with E-state index in [0.29, 0.717) is 19.4 Å². The van der Waals surface area contributed by atoms with Crippen molar-refractivity contribution in [1.29, 1.82) is 0 Å². The van der Waals surface area contributed by atoms with Crippen molar-refractivity contribution in [2.45, 2.75) is 57.0 Å². The van der Waals surface area contributed by atoms with Gasteiger partial charge in [-0.15, -0.1) is 0 Å². The first-order valence-electron chi connectivity index (χ1n) is 7.92. The van der Waals surface area contributed by atoms with Crippen molar-refractivity contribution in [1.82, 2.24) is 10.2 Å². The normalized spacial score (nSPS) is 23.9. The van der Waals surface area contributed by atoms with Gasteiger partial charge in [-0.25, -0.2) is 9.59 Å². The van der Waals surface area contributed by atoms with E-state index in [0.717, 1.165) is 32.1 Å². The van der Waals surface area contributed by atoms with Gasteiger partial charge in [-0.3, -0.25) is 4.79 Å². The number of carbonyl (C=O) groups excluding carboxylic acids is 2. The zero-order valence-electron chi connectivity index (χ0n) is 12.9. The van der Waals surface area contributed by atoms with Crippen molar-refractivity contribution in [3.63, 3.8) is 0 Å². The van der Waals surface area contributed by atoms with Crippen molar-refractivity contribution in [3.05, 3.63) is 0 Å². The lowest BCUT2D eigenvalue weighted by molar-refractivity contribution is -0.149. The molecule has 2 N–H and O–H groups in total. The number of nitrogens with one attached hydrogen (secondary N) is 1. The largest absolute Gasteiger partial charge is 0.480 e. The van der Waals surface area contributed by atoms with Gasteiger partial charge >= 0.3 is 12.1 Å². The van der Waals surface area contributed by atoms with Crippen LogP contribution >= 0.6 is 0 Å². The molecule has 0 radical (unpaired) electrons. The van der Waals surface area contributed by atoms with Gasteiger partial charge in [0.05, 0.1) is 7.11 Å². The van der Waals surface area contributed by atoms with Gasteiger partial charge in [0, 0.05) is 6.54 Å². The van der Waals surface area contributed by atoms with Crippen molar-refractivity contribution in [2.75, 3.05) is 13.7 Å². The summed E-state index contributed by atoms with van der Waals surface area (Å²) in [7, 11) is 1.26. The molecule has 1 heterocycles. The van der Waals surface area contributed by atoms with E-state index in [1.165, 1.54) is 12.0 Å². The van der Waals surface area contributed by atoms with E-state index >= 15 is 0 Å². The molecule has 1 aliphatic carbocycles. The maximum absolute atomic E-state index is 12.8. The van der Waals surface area contributed by atoms with Crippen LogP contribution in [0.3, 0.4) is 0 Å². The topological polar surface area (TPSA) is 95.9 Å². The van der Waals surface area contributed by atoms with Gasteiger partial charge in [0.1, 0.15) is 12.1 Å². The lowest BCUT2D eigenvalue weighted by Crippen LogP contribution is -2.54. The minimum Gasteiger partial charge on any atom is -0.480 e. The SMILES string of the molecule is COC(=O)N[C@H](C(=O)N1CCCC1C(=O)O)C1CCCCC1. The Morgan fingerprint density at radius 3 is 2.41 bits per heavy atom. The summed E-state index contributed by atoms with van der Waals surface area (Å²) < 4.78 is 4.62. The second-order valence-corrected chi connectivity index (χ2v) is 6.04. The Labute approximate surface area is 130 Å². The van der Waals surface area contributed by atoms with Crippen LogP contribution in [0.25, 0.3) is 0 Å². The number of carbonyl (C=O) groups is 3. The third-order valence-electron chi connectivity index (χ3n) is 4.67. The number of aliphatic carboxylic acids is 1. The van der Waals surface area contributed by atoms with Crippen LogP contribution < -0.4 is 5.32 Å². The van der Waals surface area contributed by atoms with Crippen LogP contribution in [-0.2, 0) is 14.3 Å². The molecule has 7 nitrogen and oxygen atoms in total. The molecule has 1 aliphatic heterocycles. The molecular formula is C15H24N2O5. The van der Waals surface area contributed by atoms with Crippen molar-refractivity contribution in [3.8, 4) is 0 Å². The molecule has 22 heavy (non-hydrogen) atoms. The maximum atomic E-state index is 12.8. The number of methoxy groups -OCH3 is 1. The Kier molecular flexibility index (Phi) is 5.63. The van der Waals surface area contributed by atoms with Crippen LogP contribution in [0.15, 0.2) is 0 Å². The summed E-state index contributed by atoms with van der Waals surface area (Å²) in [5, 5.41) is 11.9. The summed E-state index contributed by atoms with van der Waals surface area (Å²) in [5.41, 5.74) is 0. The highest BCUT2D eigenvalue weighted by Crippen LogP contribution is 2.29. The Morgan fingerprint density at radius 2 is 1.82 bits per heavy atom. The summed E-state index contributed by atoms with van der Waals surface area (Å²) in [4.78, 5) is 37.1. The smallest absolute Gasteiger partial charge is 0.407 e. The molecule has 0 bridgehead atoms. The monoisotopic (exact) mass is 312 g/mol. The average Bonchev–Trinajstić information content (AvgIpc) is 3.02. The fourth-order valence-corrected chi connectivity index (χ4v) is 3.50. The fraction of sp³-hybridized carbons (Fsp3) is 0.800. The number of rotatable bonds is 4. The molecule has 1 saturated heterocycles. The highest BCUT2D eigenvalue weighted by Gasteiger charge is 2.40. The first kappa shape index (κ1) is 16.6. The van der Waals surface area contributed by atoms with Crippen molar-refractivity contribution in [2.24, 2.45) is 5.92 Å². The second-order valence-electron chi connectivity index (χ2n) is 6.04. The molecule has 0 aromatic rings. The van der Waals surface area contributed by atoms with E-state index in [-0.39, 0.29) is 11.8 Å². The molecule has 2 rings (SSSR count). The number of hydrogen-bond donors (Lipinski definition) is 2. The lowest BCUT2D eigenvalue weighted by atomic mass is 9.83. The predicted octanol–water partition coefficient (Wildman–Crippen LogP) is 1.37. The van der Waals surface area contributed by atoms with E-state index < -0.39 is 24.1 Å². The Morgan fingerprint density at radius 1 is 1.14 bits per heavy atom. The van der Waals surface area contributed by atoms with Crippen LogP contribution in [0.2, 0.25) is 0 Å². The molecule has 2 aliphatic rings. The summed E-state index contributed by atoms with van der Waals surface area (Å²) in [6.45, 7) is 0.432. The van der Waals surface area contributed by atoms with Gasteiger partial charge in [-0.05, 0) is 31.6 Å². The molecule has 1 saturated carbocycles. The minimum absolute atomic E-state index is 0.0513. The maximum Gasteiger partial charge on any atom is 0.407 e. The lowest BCUT2D eigenvalue weighted by Gasteiger charge is -2.33.